The van der Waals surface area contributed by atoms with E-state index in [1.165, 1.54) is 11.3 Å². The minimum atomic E-state index is 0.0210. The van der Waals surface area contributed by atoms with Gasteiger partial charge in [-0.05, 0) is 25.5 Å². The molecule has 4 heteroatoms. The molecular weight excluding hydrogens is 260 g/mol. The van der Waals surface area contributed by atoms with Crippen LogP contribution in [0.3, 0.4) is 0 Å². The number of benzene rings is 1. The van der Waals surface area contributed by atoms with E-state index in [1.54, 1.807) is 0 Å². The summed E-state index contributed by atoms with van der Waals surface area (Å²) in [6.07, 6.45) is 0. The number of rotatable bonds is 3. The molecule has 2 aromatic rings. The summed E-state index contributed by atoms with van der Waals surface area (Å²) in [5.74, 6) is 0. The van der Waals surface area contributed by atoms with Crippen LogP contribution >= 0.6 is 0 Å². The van der Waals surface area contributed by atoms with Gasteiger partial charge in [0.05, 0.1) is 16.9 Å². The molecular formula is C17H24N4. The van der Waals surface area contributed by atoms with Crippen LogP contribution in [0.5, 0.6) is 0 Å². The van der Waals surface area contributed by atoms with E-state index in [-0.39, 0.29) is 5.54 Å². The Morgan fingerprint density at radius 2 is 2.05 bits per heavy atom. The summed E-state index contributed by atoms with van der Waals surface area (Å²) in [7, 11) is 2.03. The zero-order valence-corrected chi connectivity index (χ0v) is 13.1. The van der Waals surface area contributed by atoms with E-state index in [1.807, 2.05) is 11.7 Å². The molecule has 2 heterocycles. The Labute approximate surface area is 126 Å². The number of nitrogens with zero attached hydrogens (tertiary/aromatic N) is 3. The summed E-state index contributed by atoms with van der Waals surface area (Å²) in [6, 6.07) is 12.9. The zero-order valence-electron chi connectivity index (χ0n) is 13.1. The fourth-order valence-corrected chi connectivity index (χ4v) is 3.25. The van der Waals surface area contributed by atoms with E-state index < -0.39 is 0 Å². The Kier molecular flexibility index (Phi) is 3.83. The first kappa shape index (κ1) is 14.3. The first-order chi connectivity index (χ1) is 10.1. The van der Waals surface area contributed by atoms with Crippen LogP contribution in [0.2, 0.25) is 0 Å². The second-order valence-corrected chi connectivity index (χ2v) is 6.24. The van der Waals surface area contributed by atoms with Gasteiger partial charge in [0.1, 0.15) is 0 Å². The van der Waals surface area contributed by atoms with Crippen LogP contribution < -0.4 is 5.32 Å². The van der Waals surface area contributed by atoms with Crippen molar-refractivity contribution >= 4 is 0 Å². The lowest BCUT2D eigenvalue weighted by Crippen LogP contribution is -2.56. The van der Waals surface area contributed by atoms with Crippen LogP contribution in [0.25, 0.3) is 0 Å². The summed E-state index contributed by atoms with van der Waals surface area (Å²) in [5, 5.41) is 8.13. The van der Waals surface area contributed by atoms with E-state index in [9.17, 15) is 0 Å². The number of aromatic nitrogens is 2. The molecule has 0 spiro atoms. The third-order valence-corrected chi connectivity index (χ3v) is 4.38. The highest BCUT2D eigenvalue weighted by Crippen LogP contribution is 2.25. The highest BCUT2D eigenvalue weighted by atomic mass is 15.3. The summed E-state index contributed by atoms with van der Waals surface area (Å²) < 4.78 is 2.00. The first-order valence-corrected chi connectivity index (χ1v) is 7.59. The quantitative estimate of drug-likeness (QED) is 0.936. The average molecular weight is 284 g/mol. The second kappa shape index (κ2) is 5.62. The van der Waals surface area contributed by atoms with E-state index in [2.05, 4.69) is 65.6 Å². The van der Waals surface area contributed by atoms with Gasteiger partial charge in [-0.15, -0.1) is 0 Å². The normalized spacial score (nSPS) is 23.4. The van der Waals surface area contributed by atoms with Gasteiger partial charge in [0.25, 0.3) is 0 Å². The molecule has 4 nitrogen and oxygen atoms in total. The lowest BCUT2D eigenvalue weighted by atomic mass is 9.89. The van der Waals surface area contributed by atoms with Gasteiger partial charge in [0, 0.05) is 33.2 Å². The Bertz CT molecular complexity index is 605. The molecule has 1 aromatic heterocycles. The molecule has 0 aliphatic carbocycles. The molecule has 0 amide bonds. The highest BCUT2D eigenvalue weighted by molar-refractivity contribution is 5.25. The standard InChI is InChI=1S/C17H24N4/c1-14-11-16(20(3)19-14)12-21-10-9-18-17(2,13-21)15-7-5-4-6-8-15/h4-8,11,18H,9-10,12-13H2,1-3H3. The molecule has 1 saturated heterocycles. The molecule has 21 heavy (non-hydrogen) atoms. The van der Waals surface area contributed by atoms with Crippen molar-refractivity contribution in [3.8, 4) is 0 Å². The van der Waals surface area contributed by atoms with Crippen molar-refractivity contribution in [1.29, 1.82) is 0 Å². The molecule has 1 unspecified atom stereocenters. The maximum Gasteiger partial charge on any atom is 0.0597 e. The van der Waals surface area contributed by atoms with Crippen LogP contribution in [0.15, 0.2) is 36.4 Å². The summed E-state index contributed by atoms with van der Waals surface area (Å²) in [6.45, 7) is 8.41. The molecule has 1 aromatic carbocycles. The van der Waals surface area contributed by atoms with Crippen molar-refractivity contribution in [2.24, 2.45) is 7.05 Å². The lowest BCUT2D eigenvalue weighted by molar-refractivity contribution is 0.134. The largest absolute Gasteiger partial charge is 0.305 e. The molecule has 1 aliphatic rings. The van der Waals surface area contributed by atoms with Gasteiger partial charge in [0.15, 0.2) is 0 Å². The summed E-state index contributed by atoms with van der Waals surface area (Å²) in [4.78, 5) is 2.51. The molecule has 0 saturated carbocycles. The van der Waals surface area contributed by atoms with Crippen LogP contribution in [-0.2, 0) is 19.1 Å². The van der Waals surface area contributed by atoms with Crippen molar-refractivity contribution in [2.75, 3.05) is 19.6 Å². The Morgan fingerprint density at radius 3 is 2.71 bits per heavy atom. The third kappa shape index (κ3) is 3.01. The molecule has 1 N–H and O–H groups in total. The van der Waals surface area contributed by atoms with Gasteiger partial charge in [-0.2, -0.15) is 5.10 Å². The van der Waals surface area contributed by atoms with E-state index >= 15 is 0 Å². The maximum absolute atomic E-state index is 4.45. The fraction of sp³-hybridized carbons (Fsp3) is 0.471. The molecule has 0 radical (unpaired) electrons. The topological polar surface area (TPSA) is 33.1 Å². The Balaban J connectivity index is 1.75. The molecule has 3 rings (SSSR count). The van der Waals surface area contributed by atoms with Gasteiger partial charge in [0.2, 0.25) is 0 Å². The van der Waals surface area contributed by atoms with Crippen molar-refractivity contribution in [3.05, 3.63) is 53.3 Å². The van der Waals surface area contributed by atoms with Gasteiger partial charge >= 0.3 is 0 Å². The third-order valence-electron chi connectivity index (χ3n) is 4.38. The van der Waals surface area contributed by atoms with Crippen molar-refractivity contribution in [2.45, 2.75) is 25.9 Å². The van der Waals surface area contributed by atoms with E-state index in [4.69, 9.17) is 0 Å². The number of piperazine rings is 1. The summed E-state index contributed by atoms with van der Waals surface area (Å²) >= 11 is 0. The second-order valence-electron chi connectivity index (χ2n) is 6.24. The monoisotopic (exact) mass is 284 g/mol. The van der Waals surface area contributed by atoms with Crippen LogP contribution in [-0.4, -0.2) is 34.3 Å². The number of nitrogens with one attached hydrogen (secondary N) is 1. The first-order valence-electron chi connectivity index (χ1n) is 7.59. The lowest BCUT2D eigenvalue weighted by Gasteiger charge is -2.42. The fourth-order valence-electron chi connectivity index (χ4n) is 3.25. The Morgan fingerprint density at radius 1 is 1.29 bits per heavy atom. The molecule has 1 atom stereocenters. The Hall–Kier alpha value is -1.65. The predicted molar refractivity (Wildman–Crippen MR) is 85.0 cm³/mol. The van der Waals surface area contributed by atoms with Gasteiger partial charge in [-0.25, -0.2) is 0 Å². The number of hydrogen-bond acceptors (Lipinski definition) is 3. The van der Waals surface area contributed by atoms with E-state index in [0.29, 0.717) is 0 Å². The van der Waals surface area contributed by atoms with Gasteiger partial charge in [-0.1, -0.05) is 30.3 Å². The summed E-state index contributed by atoms with van der Waals surface area (Å²) in [5.41, 5.74) is 3.75. The predicted octanol–water partition coefficient (Wildman–Crippen LogP) is 2.05. The molecule has 0 bridgehead atoms. The van der Waals surface area contributed by atoms with Crippen molar-refractivity contribution < 1.29 is 0 Å². The van der Waals surface area contributed by atoms with Crippen molar-refractivity contribution in [1.82, 2.24) is 20.0 Å². The van der Waals surface area contributed by atoms with Crippen LogP contribution in [0, 0.1) is 6.92 Å². The SMILES string of the molecule is Cc1cc(CN2CCNC(C)(c3ccccc3)C2)n(C)n1. The van der Waals surface area contributed by atoms with Crippen molar-refractivity contribution in [3.63, 3.8) is 0 Å². The van der Waals surface area contributed by atoms with Crippen LogP contribution in [0.4, 0.5) is 0 Å². The molecule has 1 fully saturated rings. The smallest absolute Gasteiger partial charge is 0.0597 e. The minimum Gasteiger partial charge on any atom is -0.305 e. The average Bonchev–Trinajstić information content (AvgIpc) is 2.78. The van der Waals surface area contributed by atoms with Crippen LogP contribution in [0.1, 0.15) is 23.9 Å². The van der Waals surface area contributed by atoms with Gasteiger partial charge < -0.3 is 5.32 Å². The zero-order chi connectivity index (χ0) is 14.9. The highest BCUT2D eigenvalue weighted by Gasteiger charge is 2.32. The molecule has 112 valence electrons. The minimum absolute atomic E-state index is 0.0210. The number of hydrogen-bond donors (Lipinski definition) is 1. The van der Waals surface area contributed by atoms with Gasteiger partial charge in [-0.3, -0.25) is 9.58 Å². The molecule has 1 aliphatic heterocycles. The number of aryl methyl sites for hydroxylation is 2. The van der Waals surface area contributed by atoms with E-state index in [0.717, 1.165) is 31.9 Å². The maximum atomic E-state index is 4.45.